The largest absolute Gasteiger partial charge is 0.486 e. The zero-order valence-corrected chi connectivity index (χ0v) is 13.9. The van der Waals surface area contributed by atoms with E-state index in [1.54, 1.807) is 0 Å². The Morgan fingerprint density at radius 1 is 1.27 bits per heavy atom. The maximum atomic E-state index is 12.5. The van der Waals surface area contributed by atoms with Gasteiger partial charge in [-0.25, -0.2) is 0 Å². The summed E-state index contributed by atoms with van der Waals surface area (Å²) in [5.41, 5.74) is 0.298. The van der Waals surface area contributed by atoms with Crippen LogP contribution in [0.3, 0.4) is 0 Å². The number of nitrogens with one attached hydrogen (secondary N) is 2. The molecule has 0 aliphatic carbocycles. The van der Waals surface area contributed by atoms with Crippen LogP contribution in [0.5, 0.6) is 11.5 Å². The zero-order valence-electron chi connectivity index (χ0n) is 13.9. The van der Waals surface area contributed by atoms with Gasteiger partial charge in [0.15, 0.2) is 11.5 Å². The molecule has 122 valence electrons. The molecule has 0 aromatic heterocycles. The molecular formula is C17H26N2O3. The minimum Gasteiger partial charge on any atom is -0.486 e. The Morgan fingerprint density at radius 3 is 2.64 bits per heavy atom. The van der Waals surface area contributed by atoms with Crippen molar-refractivity contribution in [3.63, 3.8) is 0 Å². The molecule has 1 aromatic carbocycles. The van der Waals surface area contributed by atoms with Gasteiger partial charge in [-0.1, -0.05) is 13.0 Å². The Hall–Kier alpha value is -1.75. The first kappa shape index (κ1) is 16.6. The van der Waals surface area contributed by atoms with Gasteiger partial charge in [-0.3, -0.25) is 4.79 Å². The van der Waals surface area contributed by atoms with Crippen molar-refractivity contribution in [3.8, 4) is 11.5 Å². The number of hydrogen-bond donors (Lipinski definition) is 2. The summed E-state index contributed by atoms with van der Waals surface area (Å²) in [6, 6.07) is 5.97. The van der Waals surface area contributed by atoms with Crippen LogP contribution >= 0.6 is 0 Å². The van der Waals surface area contributed by atoms with Gasteiger partial charge < -0.3 is 20.1 Å². The molecule has 1 aliphatic heterocycles. The molecule has 0 saturated heterocycles. The Labute approximate surface area is 132 Å². The molecule has 0 bridgehead atoms. The van der Waals surface area contributed by atoms with Gasteiger partial charge in [0.1, 0.15) is 13.2 Å². The van der Waals surface area contributed by atoms with E-state index in [2.05, 4.69) is 24.5 Å². The van der Waals surface area contributed by atoms with Crippen LogP contribution in [0.25, 0.3) is 0 Å². The third-order valence-electron chi connectivity index (χ3n) is 3.95. The summed E-state index contributed by atoms with van der Waals surface area (Å²) in [6.07, 6.45) is 0. The SMILES string of the molecule is CCN[C@H](C)CNC(=O)C(C)(C)c1ccc2c(c1)OCCO2. The number of benzene rings is 1. The number of rotatable bonds is 6. The summed E-state index contributed by atoms with van der Waals surface area (Å²) in [5.74, 6) is 1.46. The summed E-state index contributed by atoms with van der Waals surface area (Å²) < 4.78 is 11.1. The van der Waals surface area contributed by atoms with E-state index in [4.69, 9.17) is 9.47 Å². The molecule has 5 heteroatoms. The lowest BCUT2D eigenvalue weighted by Crippen LogP contribution is -2.45. The van der Waals surface area contributed by atoms with E-state index in [-0.39, 0.29) is 11.9 Å². The van der Waals surface area contributed by atoms with Crippen LogP contribution in [-0.4, -0.2) is 38.3 Å². The van der Waals surface area contributed by atoms with E-state index < -0.39 is 5.41 Å². The first-order chi connectivity index (χ1) is 10.4. The molecule has 1 heterocycles. The summed E-state index contributed by atoms with van der Waals surface area (Å²) in [6.45, 7) is 10.6. The number of carbonyl (C=O) groups excluding carboxylic acids is 1. The van der Waals surface area contributed by atoms with E-state index in [1.165, 1.54) is 0 Å². The van der Waals surface area contributed by atoms with Gasteiger partial charge in [0.25, 0.3) is 0 Å². The van der Waals surface area contributed by atoms with Crippen LogP contribution < -0.4 is 20.1 Å². The Balaban J connectivity index is 2.07. The number of likely N-dealkylation sites (N-methyl/N-ethyl adjacent to an activating group) is 1. The summed E-state index contributed by atoms with van der Waals surface area (Å²) >= 11 is 0. The average molecular weight is 306 g/mol. The predicted molar refractivity (Wildman–Crippen MR) is 86.6 cm³/mol. The van der Waals surface area contributed by atoms with Crippen LogP contribution in [0.2, 0.25) is 0 Å². The monoisotopic (exact) mass is 306 g/mol. The predicted octanol–water partition coefficient (Wildman–Crippen LogP) is 1.85. The minimum atomic E-state index is -0.623. The van der Waals surface area contributed by atoms with Crippen molar-refractivity contribution >= 4 is 5.91 Å². The fourth-order valence-electron chi connectivity index (χ4n) is 2.45. The molecule has 0 radical (unpaired) electrons. The van der Waals surface area contributed by atoms with Gasteiger partial charge in [0.05, 0.1) is 5.41 Å². The van der Waals surface area contributed by atoms with E-state index >= 15 is 0 Å². The molecule has 2 N–H and O–H groups in total. The van der Waals surface area contributed by atoms with Gasteiger partial charge in [0.2, 0.25) is 5.91 Å². The van der Waals surface area contributed by atoms with Crippen LogP contribution in [-0.2, 0) is 10.2 Å². The Morgan fingerprint density at radius 2 is 1.95 bits per heavy atom. The molecule has 5 nitrogen and oxygen atoms in total. The normalized spacial score (nSPS) is 15.3. The fourth-order valence-corrected chi connectivity index (χ4v) is 2.45. The Kier molecular flexibility index (Phi) is 5.29. The second kappa shape index (κ2) is 7.01. The van der Waals surface area contributed by atoms with Crippen molar-refractivity contribution < 1.29 is 14.3 Å². The molecule has 0 saturated carbocycles. The highest BCUT2D eigenvalue weighted by Crippen LogP contribution is 2.35. The summed E-state index contributed by atoms with van der Waals surface area (Å²) in [4.78, 5) is 12.5. The molecule has 2 rings (SSSR count). The van der Waals surface area contributed by atoms with E-state index in [9.17, 15) is 4.79 Å². The molecule has 1 aromatic rings. The van der Waals surface area contributed by atoms with E-state index in [0.717, 1.165) is 17.9 Å². The third kappa shape index (κ3) is 3.71. The second-order valence-electron chi connectivity index (χ2n) is 6.15. The highest BCUT2D eigenvalue weighted by atomic mass is 16.6. The molecule has 1 atom stereocenters. The van der Waals surface area contributed by atoms with Gasteiger partial charge in [-0.15, -0.1) is 0 Å². The van der Waals surface area contributed by atoms with Crippen LogP contribution in [0, 0.1) is 0 Å². The number of fused-ring (bicyclic) bond motifs is 1. The first-order valence-electron chi connectivity index (χ1n) is 7.87. The fraction of sp³-hybridized carbons (Fsp3) is 0.588. The molecule has 0 spiro atoms. The molecule has 1 aliphatic rings. The van der Waals surface area contributed by atoms with E-state index in [0.29, 0.717) is 25.5 Å². The summed E-state index contributed by atoms with van der Waals surface area (Å²) in [7, 11) is 0. The highest BCUT2D eigenvalue weighted by Gasteiger charge is 2.31. The van der Waals surface area contributed by atoms with Crippen molar-refractivity contribution in [2.24, 2.45) is 0 Å². The highest BCUT2D eigenvalue weighted by molar-refractivity contribution is 5.87. The maximum Gasteiger partial charge on any atom is 0.230 e. The minimum absolute atomic E-state index is 0.00827. The quantitative estimate of drug-likeness (QED) is 0.842. The van der Waals surface area contributed by atoms with Gasteiger partial charge in [-0.2, -0.15) is 0 Å². The average Bonchev–Trinajstić information content (AvgIpc) is 2.52. The molecule has 22 heavy (non-hydrogen) atoms. The van der Waals surface area contributed by atoms with Crippen molar-refractivity contribution in [3.05, 3.63) is 23.8 Å². The van der Waals surface area contributed by atoms with Crippen LogP contribution in [0.4, 0.5) is 0 Å². The standard InChI is InChI=1S/C17H26N2O3/c1-5-18-12(2)11-19-16(20)17(3,4)13-6-7-14-15(10-13)22-9-8-21-14/h6-7,10,12,18H,5,8-9,11H2,1-4H3,(H,19,20)/t12-/m1/s1. The van der Waals surface area contributed by atoms with E-state index in [1.807, 2.05) is 32.0 Å². The molecular weight excluding hydrogens is 280 g/mol. The lowest BCUT2D eigenvalue weighted by molar-refractivity contribution is -0.125. The third-order valence-corrected chi connectivity index (χ3v) is 3.95. The lowest BCUT2D eigenvalue weighted by atomic mass is 9.83. The number of amides is 1. The van der Waals surface area contributed by atoms with Crippen molar-refractivity contribution in [2.45, 2.75) is 39.2 Å². The van der Waals surface area contributed by atoms with Gasteiger partial charge >= 0.3 is 0 Å². The summed E-state index contributed by atoms with van der Waals surface area (Å²) in [5, 5.41) is 6.29. The van der Waals surface area contributed by atoms with Crippen molar-refractivity contribution in [1.29, 1.82) is 0 Å². The maximum absolute atomic E-state index is 12.5. The van der Waals surface area contributed by atoms with Gasteiger partial charge in [0, 0.05) is 12.6 Å². The molecule has 0 fully saturated rings. The molecule has 0 unspecified atom stereocenters. The van der Waals surface area contributed by atoms with Crippen LogP contribution in [0.15, 0.2) is 18.2 Å². The zero-order chi connectivity index (χ0) is 16.2. The van der Waals surface area contributed by atoms with Crippen molar-refractivity contribution in [1.82, 2.24) is 10.6 Å². The molecule has 1 amide bonds. The number of carbonyl (C=O) groups is 1. The first-order valence-corrected chi connectivity index (χ1v) is 7.87. The van der Waals surface area contributed by atoms with Crippen LogP contribution in [0.1, 0.15) is 33.3 Å². The smallest absolute Gasteiger partial charge is 0.230 e. The van der Waals surface area contributed by atoms with Gasteiger partial charge in [-0.05, 0) is 45.0 Å². The number of ether oxygens (including phenoxy) is 2. The lowest BCUT2D eigenvalue weighted by Gasteiger charge is -2.27. The second-order valence-corrected chi connectivity index (χ2v) is 6.15. The Bertz CT molecular complexity index is 529. The van der Waals surface area contributed by atoms with Crippen molar-refractivity contribution in [2.75, 3.05) is 26.3 Å². The number of hydrogen-bond acceptors (Lipinski definition) is 4. The topological polar surface area (TPSA) is 59.6 Å².